The van der Waals surface area contributed by atoms with Crippen molar-refractivity contribution in [1.29, 1.82) is 0 Å². The van der Waals surface area contributed by atoms with Gasteiger partial charge < -0.3 is 9.88 Å². The topological polar surface area (TPSA) is 68.9 Å². The number of benzene rings is 2. The molecule has 0 radical (unpaired) electrons. The van der Waals surface area contributed by atoms with Gasteiger partial charge in [-0.1, -0.05) is 55.5 Å². The van der Waals surface area contributed by atoms with Gasteiger partial charge in [0.05, 0.1) is 11.8 Å². The number of carbonyl (C=O) groups is 1. The summed E-state index contributed by atoms with van der Waals surface area (Å²) in [7, 11) is 0. The highest BCUT2D eigenvalue weighted by atomic mass is 16.2. The van der Waals surface area contributed by atoms with E-state index in [1.807, 2.05) is 63.2 Å². The minimum Gasteiger partial charge on any atom is -0.350 e. The minimum absolute atomic E-state index is 0.0659. The molecular weight excluding hydrogens is 388 g/mol. The molecule has 1 N–H and O–H groups in total. The average molecular weight is 417 g/mol. The van der Waals surface area contributed by atoms with Gasteiger partial charge in [0.15, 0.2) is 0 Å². The van der Waals surface area contributed by atoms with Crippen molar-refractivity contribution in [2.24, 2.45) is 0 Å². The summed E-state index contributed by atoms with van der Waals surface area (Å²) in [6.45, 7) is 8.50. The van der Waals surface area contributed by atoms with E-state index >= 15 is 0 Å². The second kappa shape index (κ2) is 8.02. The molecule has 4 aromatic rings. The van der Waals surface area contributed by atoms with Crippen molar-refractivity contribution in [1.82, 2.24) is 19.4 Å². The highest BCUT2D eigenvalue weighted by molar-refractivity contribution is 6.06. The van der Waals surface area contributed by atoms with Gasteiger partial charge in [0.2, 0.25) is 5.91 Å². The molecule has 31 heavy (non-hydrogen) atoms. The molecule has 6 heteroatoms. The second-order valence-corrected chi connectivity index (χ2v) is 9.11. The molecule has 0 fully saturated rings. The molecule has 0 saturated carbocycles. The van der Waals surface area contributed by atoms with E-state index in [1.54, 1.807) is 15.5 Å². The van der Waals surface area contributed by atoms with Gasteiger partial charge in [-0.25, -0.2) is 4.98 Å². The van der Waals surface area contributed by atoms with E-state index in [-0.39, 0.29) is 29.5 Å². The van der Waals surface area contributed by atoms with Crippen molar-refractivity contribution < 1.29 is 4.79 Å². The number of hydrogen-bond acceptors (Lipinski definition) is 3. The van der Waals surface area contributed by atoms with Crippen LogP contribution in [0.5, 0.6) is 0 Å². The predicted molar refractivity (Wildman–Crippen MR) is 124 cm³/mol. The van der Waals surface area contributed by atoms with Crippen molar-refractivity contribution in [2.45, 2.75) is 52.2 Å². The average Bonchev–Trinajstić information content (AvgIpc) is 3.03. The molecule has 0 aliphatic carbocycles. The van der Waals surface area contributed by atoms with E-state index in [2.05, 4.69) is 29.4 Å². The van der Waals surface area contributed by atoms with Crippen LogP contribution in [0.25, 0.3) is 21.9 Å². The van der Waals surface area contributed by atoms with Crippen LogP contribution >= 0.6 is 0 Å². The lowest BCUT2D eigenvalue weighted by atomic mass is 10.0. The predicted octanol–water partition coefficient (Wildman–Crippen LogP) is 4.07. The summed E-state index contributed by atoms with van der Waals surface area (Å²) in [5, 5.41) is 3.86. The Morgan fingerprint density at radius 2 is 1.74 bits per heavy atom. The zero-order valence-electron chi connectivity index (χ0n) is 18.4. The standard InChI is InChI=1S/C25H28N4O2/c1-17(18-10-6-5-7-11-18)14-28-16-26-22-19-12-8-9-13-20(19)29(23(22)24(28)31)15-21(30)27-25(2,3)4/h5-13,16-17H,14-15H2,1-4H3,(H,27,30). The molecule has 2 aromatic carbocycles. The van der Waals surface area contributed by atoms with Crippen LogP contribution < -0.4 is 10.9 Å². The molecule has 1 atom stereocenters. The van der Waals surface area contributed by atoms with Gasteiger partial charge in [-0.05, 0) is 38.3 Å². The Balaban J connectivity index is 1.80. The number of nitrogens with one attached hydrogen (secondary N) is 1. The fourth-order valence-corrected chi connectivity index (χ4v) is 4.03. The SMILES string of the molecule is CC(Cn1cnc2c3ccccc3n(CC(=O)NC(C)(C)C)c2c1=O)c1ccccc1. The fraction of sp³-hybridized carbons (Fsp3) is 0.320. The number of carbonyl (C=O) groups excluding carboxylic acids is 1. The summed E-state index contributed by atoms with van der Waals surface area (Å²) >= 11 is 0. The van der Waals surface area contributed by atoms with Gasteiger partial charge in [0.25, 0.3) is 5.56 Å². The highest BCUT2D eigenvalue weighted by Crippen LogP contribution is 2.25. The van der Waals surface area contributed by atoms with Crippen LogP contribution in [0.2, 0.25) is 0 Å². The van der Waals surface area contributed by atoms with E-state index in [4.69, 9.17) is 0 Å². The molecule has 0 bridgehead atoms. The number of aromatic nitrogens is 3. The fourth-order valence-electron chi connectivity index (χ4n) is 4.03. The van der Waals surface area contributed by atoms with Crippen LogP contribution in [0, 0.1) is 0 Å². The van der Waals surface area contributed by atoms with Gasteiger partial charge >= 0.3 is 0 Å². The molecule has 2 aromatic heterocycles. The van der Waals surface area contributed by atoms with Crippen molar-refractivity contribution in [3.05, 3.63) is 76.8 Å². The molecule has 0 aliphatic rings. The number of rotatable bonds is 5. The Hall–Kier alpha value is -3.41. The lowest BCUT2D eigenvalue weighted by Crippen LogP contribution is -2.42. The molecule has 0 aliphatic heterocycles. The van der Waals surface area contributed by atoms with Gasteiger partial charge in [0, 0.05) is 17.5 Å². The van der Waals surface area contributed by atoms with E-state index < -0.39 is 0 Å². The monoisotopic (exact) mass is 416 g/mol. The first-order valence-corrected chi connectivity index (χ1v) is 10.6. The van der Waals surface area contributed by atoms with Crippen LogP contribution in [-0.2, 0) is 17.9 Å². The van der Waals surface area contributed by atoms with E-state index in [1.165, 1.54) is 5.56 Å². The number of para-hydroxylation sites is 1. The Morgan fingerprint density at radius 1 is 1.06 bits per heavy atom. The first-order valence-electron chi connectivity index (χ1n) is 10.6. The van der Waals surface area contributed by atoms with Crippen LogP contribution in [0.15, 0.2) is 65.7 Å². The third kappa shape index (κ3) is 4.24. The summed E-state index contributed by atoms with van der Waals surface area (Å²) in [4.78, 5) is 30.9. The molecule has 6 nitrogen and oxygen atoms in total. The van der Waals surface area contributed by atoms with Crippen LogP contribution in [0.4, 0.5) is 0 Å². The van der Waals surface area contributed by atoms with Crippen LogP contribution in [-0.4, -0.2) is 25.6 Å². The number of hydrogen-bond donors (Lipinski definition) is 1. The lowest BCUT2D eigenvalue weighted by Gasteiger charge is -2.21. The van der Waals surface area contributed by atoms with Gasteiger partial charge in [-0.2, -0.15) is 0 Å². The third-order valence-corrected chi connectivity index (χ3v) is 5.39. The summed E-state index contributed by atoms with van der Waals surface area (Å²) < 4.78 is 3.45. The molecule has 1 amide bonds. The molecule has 0 saturated heterocycles. The summed E-state index contributed by atoms with van der Waals surface area (Å²) in [6.07, 6.45) is 1.62. The number of fused-ring (bicyclic) bond motifs is 3. The maximum absolute atomic E-state index is 13.5. The Labute approximate surface area is 181 Å². The van der Waals surface area contributed by atoms with Crippen molar-refractivity contribution >= 4 is 27.8 Å². The first kappa shape index (κ1) is 20.8. The molecule has 4 rings (SSSR count). The summed E-state index contributed by atoms with van der Waals surface area (Å²) in [6, 6.07) is 17.8. The third-order valence-electron chi connectivity index (χ3n) is 5.39. The zero-order chi connectivity index (χ0) is 22.2. The van der Waals surface area contributed by atoms with Crippen molar-refractivity contribution in [3.8, 4) is 0 Å². The summed E-state index contributed by atoms with van der Waals surface area (Å²) in [5.41, 5.74) is 2.62. The highest BCUT2D eigenvalue weighted by Gasteiger charge is 2.21. The largest absolute Gasteiger partial charge is 0.350 e. The molecule has 2 heterocycles. The van der Waals surface area contributed by atoms with Gasteiger partial charge in [-0.3, -0.25) is 14.2 Å². The lowest BCUT2D eigenvalue weighted by molar-refractivity contribution is -0.122. The minimum atomic E-state index is -0.348. The Kier molecular flexibility index (Phi) is 5.39. The Morgan fingerprint density at radius 3 is 2.45 bits per heavy atom. The normalized spacial score (nSPS) is 12.9. The smallest absolute Gasteiger partial charge is 0.277 e. The van der Waals surface area contributed by atoms with Gasteiger partial charge in [0.1, 0.15) is 17.6 Å². The van der Waals surface area contributed by atoms with E-state index in [0.29, 0.717) is 17.6 Å². The van der Waals surface area contributed by atoms with Crippen LogP contribution in [0.1, 0.15) is 39.2 Å². The molecule has 0 spiro atoms. The Bertz CT molecular complexity index is 1300. The quantitative estimate of drug-likeness (QED) is 0.533. The van der Waals surface area contributed by atoms with Gasteiger partial charge in [-0.15, -0.1) is 0 Å². The van der Waals surface area contributed by atoms with Crippen molar-refractivity contribution in [3.63, 3.8) is 0 Å². The molecule has 1 unspecified atom stereocenters. The van der Waals surface area contributed by atoms with E-state index in [9.17, 15) is 9.59 Å². The first-order chi connectivity index (χ1) is 14.7. The maximum atomic E-state index is 13.5. The summed E-state index contributed by atoms with van der Waals surface area (Å²) in [5.74, 6) is 0.0165. The van der Waals surface area contributed by atoms with E-state index in [0.717, 1.165) is 10.9 Å². The van der Waals surface area contributed by atoms with Crippen LogP contribution in [0.3, 0.4) is 0 Å². The maximum Gasteiger partial charge on any atom is 0.277 e. The zero-order valence-corrected chi connectivity index (χ0v) is 18.4. The van der Waals surface area contributed by atoms with Crippen molar-refractivity contribution in [2.75, 3.05) is 0 Å². The molecular formula is C25H28N4O2. The molecule has 160 valence electrons. The number of amides is 1. The number of nitrogens with zero attached hydrogens (tertiary/aromatic N) is 3. The second-order valence-electron chi connectivity index (χ2n) is 9.11.